The zero-order valence-electron chi connectivity index (χ0n) is 15.4. The number of benzene rings is 2. The van der Waals surface area contributed by atoms with Crippen LogP contribution >= 0.6 is 0 Å². The molecule has 0 aliphatic carbocycles. The molecule has 0 saturated carbocycles. The Hall–Kier alpha value is -2.53. The van der Waals surface area contributed by atoms with Gasteiger partial charge < -0.3 is 20.1 Å². The predicted octanol–water partition coefficient (Wildman–Crippen LogP) is 4.07. The van der Waals surface area contributed by atoms with Crippen molar-refractivity contribution in [3.05, 3.63) is 53.6 Å². The molecule has 0 saturated heterocycles. The summed E-state index contributed by atoms with van der Waals surface area (Å²) in [5.74, 6) is 1.54. The highest BCUT2D eigenvalue weighted by molar-refractivity contribution is 5.88. The fourth-order valence-corrected chi connectivity index (χ4v) is 2.83. The summed E-state index contributed by atoms with van der Waals surface area (Å²) < 4.78 is 10.8. The highest BCUT2D eigenvalue weighted by Crippen LogP contribution is 2.31. The maximum absolute atomic E-state index is 11.2. The van der Waals surface area contributed by atoms with E-state index in [9.17, 15) is 4.79 Å². The fraction of sp³-hybridized carbons (Fsp3) is 0.350. The summed E-state index contributed by atoms with van der Waals surface area (Å²) in [6.45, 7) is 5.69. The number of ether oxygens (including phenoxy) is 2. The van der Waals surface area contributed by atoms with Gasteiger partial charge in [0.1, 0.15) is 11.5 Å². The molecule has 0 fully saturated rings. The average Bonchev–Trinajstić information content (AvgIpc) is 2.60. The maximum Gasteiger partial charge on any atom is 0.221 e. The smallest absolute Gasteiger partial charge is 0.221 e. The van der Waals surface area contributed by atoms with Crippen molar-refractivity contribution in [1.82, 2.24) is 5.32 Å². The Balaban J connectivity index is 2.17. The van der Waals surface area contributed by atoms with Gasteiger partial charge >= 0.3 is 0 Å². The highest BCUT2D eigenvalue weighted by atomic mass is 16.5. The van der Waals surface area contributed by atoms with Crippen LogP contribution in [0.2, 0.25) is 0 Å². The summed E-state index contributed by atoms with van der Waals surface area (Å²) in [5.41, 5.74) is 2.93. The summed E-state index contributed by atoms with van der Waals surface area (Å²) in [6, 6.07) is 13.8. The molecule has 2 atom stereocenters. The summed E-state index contributed by atoms with van der Waals surface area (Å²) in [7, 11) is 3.32. The van der Waals surface area contributed by atoms with Crippen molar-refractivity contribution in [2.75, 3.05) is 19.5 Å². The van der Waals surface area contributed by atoms with Gasteiger partial charge in [0.25, 0.3) is 0 Å². The number of carbonyl (C=O) groups is 1. The molecule has 0 aliphatic rings. The molecule has 134 valence electrons. The van der Waals surface area contributed by atoms with Crippen LogP contribution in [0.5, 0.6) is 11.5 Å². The number of rotatable bonds is 7. The Labute approximate surface area is 149 Å². The van der Waals surface area contributed by atoms with Crippen molar-refractivity contribution >= 4 is 11.6 Å². The third kappa shape index (κ3) is 4.97. The summed E-state index contributed by atoms with van der Waals surface area (Å²) in [6.07, 6.45) is 0. The first-order valence-electron chi connectivity index (χ1n) is 8.30. The van der Waals surface area contributed by atoms with Crippen LogP contribution in [0.3, 0.4) is 0 Å². The first-order valence-corrected chi connectivity index (χ1v) is 8.30. The largest absolute Gasteiger partial charge is 0.497 e. The van der Waals surface area contributed by atoms with Crippen LogP contribution in [0.1, 0.15) is 44.0 Å². The number of amides is 1. The van der Waals surface area contributed by atoms with E-state index in [2.05, 4.69) is 24.5 Å². The molecule has 0 aromatic heterocycles. The molecule has 2 aromatic rings. The van der Waals surface area contributed by atoms with E-state index in [1.807, 2.05) is 42.5 Å². The lowest BCUT2D eigenvalue weighted by atomic mass is 10.0. The first-order chi connectivity index (χ1) is 11.9. The summed E-state index contributed by atoms with van der Waals surface area (Å²) in [5, 5.41) is 6.39. The molecule has 2 N–H and O–H groups in total. The SMILES string of the molecule is COc1ccc(OC)c(C(C)NC(C)c2cccc(NC(C)=O)c2)c1. The van der Waals surface area contributed by atoms with Crippen LogP contribution in [0, 0.1) is 0 Å². The molecular formula is C20H26N2O3. The lowest BCUT2D eigenvalue weighted by molar-refractivity contribution is -0.114. The zero-order valence-corrected chi connectivity index (χ0v) is 15.4. The van der Waals surface area contributed by atoms with Crippen LogP contribution < -0.4 is 20.1 Å². The van der Waals surface area contributed by atoms with Crippen molar-refractivity contribution < 1.29 is 14.3 Å². The summed E-state index contributed by atoms with van der Waals surface area (Å²) in [4.78, 5) is 11.2. The lowest BCUT2D eigenvalue weighted by Gasteiger charge is -2.23. The Morgan fingerprint density at radius 1 is 1.00 bits per heavy atom. The van der Waals surface area contributed by atoms with E-state index in [0.29, 0.717) is 0 Å². The number of methoxy groups -OCH3 is 2. The minimum atomic E-state index is -0.0766. The Bertz CT molecular complexity index is 731. The maximum atomic E-state index is 11.2. The van der Waals surface area contributed by atoms with Gasteiger partial charge in [0.05, 0.1) is 14.2 Å². The molecule has 2 rings (SSSR count). The van der Waals surface area contributed by atoms with Gasteiger partial charge in [0, 0.05) is 30.3 Å². The van der Waals surface area contributed by atoms with Crippen LogP contribution in [-0.2, 0) is 4.79 Å². The predicted molar refractivity (Wildman–Crippen MR) is 100 cm³/mol. The van der Waals surface area contributed by atoms with Gasteiger partial charge in [0.15, 0.2) is 0 Å². The topological polar surface area (TPSA) is 59.6 Å². The molecule has 0 bridgehead atoms. The molecular weight excluding hydrogens is 316 g/mol. The molecule has 0 spiro atoms. The molecule has 0 aliphatic heterocycles. The van der Waals surface area contributed by atoms with E-state index >= 15 is 0 Å². The van der Waals surface area contributed by atoms with E-state index in [-0.39, 0.29) is 18.0 Å². The van der Waals surface area contributed by atoms with Crippen LogP contribution in [0.4, 0.5) is 5.69 Å². The minimum Gasteiger partial charge on any atom is -0.497 e. The lowest BCUT2D eigenvalue weighted by Crippen LogP contribution is -2.23. The number of carbonyl (C=O) groups excluding carboxylic acids is 1. The molecule has 25 heavy (non-hydrogen) atoms. The van der Waals surface area contributed by atoms with Crippen LogP contribution in [-0.4, -0.2) is 20.1 Å². The van der Waals surface area contributed by atoms with Crippen LogP contribution in [0.25, 0.3) is 0 Å². The van der Waals surface area contributed by atoms with E-state index in [1.165, 1.54) is 6.92 Å². The second kappa shape index (κ2) is 8.53. The van der Waals surface area contributed by atoms with Gasteiger partial charge in [-0.3, -0.25) is 4.79 Å². The quantitative estimate of drug-likeness (QED) is 0.796. The van der Waals surface area contributed by atoms with Crippen molar-refractivity contribution in [3.8, 4) is 11.5 Å². The average molecular weight is 342 g/mol. The van der Waals surface area contributed by atoms with Gasteiger partial charge in [-0.25, -0.2) is 0 Å². The molecule has 2 unspecified atom stereocenters. The molecule has 0 radical (unpaired) electrons. The second-order valence-electron chi connectivity index (χ2n) is 6.02. The third-order valence-corrected chi connectivity index (χ3v) is 4.11. The Morgan fingerprint density at radius 2 is 1.76 bits per heavy atom. The standard InChI is InChI=1S/C20H26N2O3/c1-13(16-7-6-8-17(11-16)22-15(3)23)21-14(2)19-12-18(24-4)9-10-20(19)25-5/h6-14,21H,1-5H3,(H,22,23). The number of anilines is 1. The Morgan fingerprint density at radius 3 is 2.40 bits per heavy atom. The number of hydrogen-bond donors (Lipinski definition) is 2. The second-order valence-corrected chi connectivity index (χ2v) is 6.02. The van der Waals surface area contributed by atoms with E-state index in [0.717, 1.165) is 28.3 Å². The van der Waals surface area contributed by atoms with E-state index < -0.39 is 0 Å². The monoisotopic (exact) mass is 342 g/mol. The Kier molecular flexibility index (Phi) is 6.42. The molecule has 2 aromatic carbocycles. The zero-order chi connectivity index (χ0) is 18.4. The highest BCUT2D eigenvalue weighted by Gasteiger charge is 2.16. The van der Waals surface area contributed by atoms with Crippen molar-refractivity contribution in [2.24, 2.45) is 0 Å². The third-order valence-electron chi connectivity index (χ3n) is 4.11. The van der Waals surface area contributed by atoms with Crippen molar-refractivity contribution in [1.29, 1.82) is 0 Å². The summed E-state index contributed by atoms with van der Waals surface area (Å²) >= 11 is 0. The van der Waals surface area contributed by atoms with E-state index in [1.54, 1.807) is 14.2 Å². The van der Waals surface area contributed by atoms with Crippen molar-refractivity contribution in [3.63, 3.8) is 0 Å². The minimum absolute atomic E-state index is 0.0597. The van der Waals surface area contributed by atoms with E-state index in [4.69, 9.17) is 9.47 Å². The molecule has 5 heteroatoms. The first kappa shape index (κ1) is 18.8. The van der Waals surface area contributed by atoms with Gasteiger partial charge in [0.2, 0.25) is 5.91 Å². The van der Waals surface area contributed by atoms with Gasteiger partial charge in [-0.2, -0.15) is 0 Å². The van der Waals surface area contributed by atoms with Gasteiger partial charge in [-0.1, -0.05) is 12.1 Å². The molecule has 1 amide bonds. The molecule has 5 nitrogen and oxygen atoms in total. The number of nitrogens with one attached hydrogen (secondary N) is 2. The fourth-order valence-electron chi connectivity index (χ4n) is 2.83. The number of hydrogen-bond acceptors (Lipinski definition) is 4. The van der Waals surface area contributed by atoms with Crippen molar-refractivity contribution in [2.45, 2.75) is 32.9 Å². The van der Waals surface area contributed by atoms with Gasteiger partial charge in [-0.05, 0) is 49.7 Å². The van der Waals surface area contributed by atoms with Crippen LogP contribution in [0.15, 0.2) is 42.5 Å². The van der Waals surface area contributed by atoms with Gasteiger partial charge in [-0.15, -0.1) is 0 Å². The molecule has 0 heterocycles. The normalized spacial score (nSPS) is 13.0.